The third kappa shape index (κ3) is 4.64. The predicted molar refractivity (Wildman–Crippen MR) is 109 cm³/mol. The standard InChI is InChI=1S/C20H24ClN3O3S/c1-20(15-5-7-16(21)8-6-15)9-12-24(13-10-20)19(25)23-14-17-18(28(2,26)27)4-3-11-22-17/h3-8,11H,9-10,12-14H2,1-2H3,(H,23,25). The van der Waals surface area contributed by atoms with Gasteiger partial charge in [0.2, 0.25) is 0 Å². The first-order chi connectivity index (χ1) is 13.2. The lowest BCUT2D eigenvalue weighted by Crippen LogP contribution is -2.47. The maximum absolute atomic E-state index is 12.5. The normalized spacial score (nSPS) is 16.6. The largest absolute Gasteiger partial charge is 0.332 e. The van der Waals surface area contributed by atoms with Gasteiger partial charge >= 0.3 is 6.03 Å². The average Bonchev–Trinajstić information content (AvgIpc) is 2.66. The van der Waals surface area contributed by atoms with Crippen LogP contribution >= 0.6 is 11.6 Å². The van der Waals surface area contributed by atoms with E-state index in [-0.39, 0.29) is 22.9 Å². The van der Waals surface area contributed by atoms with Crippen molar-refractivity contribution in [2.24, 2.45) is 0 Å². The van der Waals surface area contributed by atoms with Gasteiger partial charge in [0.15, 0.2) is 9.84 Å². The van der Waals surface area contributed by atoms with Crippen molar-refractivity contribution in [3.8, 4) is 0 Å². The molecule has 0 saturated carbocycles. The fourth-order valence-electron chi connectivity index (χ4n) is 3.51. The van der Waals surface area contributed by atoms with Crippen molar-refractivity contribution >= 4 is 27.5 Å². The molecule has 1 fully saturated rings. The van der Waals surface area contributed by atoms with Gasteiger partial charge in [0.25, 0.3) is 0 Å². The van der Waals surface area contributed by atoms with E-state index in [1.807, 2.05) is 24.3 Å². The molecule has 1 aliphatic heterocycles. The SMILES string of the molecule is CC1(c2ccc(Cl)cc2)CCN(C(=O)NCc2ncccc2S(C)(=O)=O)CC1. The quantitative estimate of drug-likeness (QED) is 0.820. The third-order valence-corrected chi connectivity index (χ3v) is 6.77. The lowest BCUT2D eigenvalue weighted by Gasteiger charge is -2.39. The maximum Gasteiger partial charge on any atom is 0.317 e. The Balaban J connectivity index is 1.60. The van der Waals surface area contributed by atoms with Crippen LogP contribution < -0.4 is 5.32 Å². The number of carbonyl (C=O) groups is 1. The summed E-state index contributed by atoms with van der Waals surface area (Å²) in [7, 11) is -3.39. The van der Waals surface area contributed by atoms with E-state index >= 15 is 0 Å². The summed E-state index contributed by atoms with van der Waals surface area (Å²) in [5, 5.41) is 3.51. The number of amides is 2. The van der Waals surface area contributed by atoms with Gasteiger partial charge < -0.3 is 10.2 Å². The van der Waals surface area contributed by atoms with Crippen molar-refractivity contribution in [3.05, 3.63) is 58.9 Å². The average molecular weight is 422 g/mol. The number of nitrogens with zero attached hydrogens (tertiary/aromatic N) is 2. The molecule has 2 heterocycles. The van der Waals surface area contributed by atoms with E-state index in [9.17, 15) is 13.2 Å². The molecule has 6 nitrogen and oxygen atoms in total. The van der Waals surface area contributed by atoms with Gasteiger partial charge in [-0.15, -0.1) is 0 Å². The second kappa shape index (κ2) is 8.09. The van der Waals surface area contributed by atoms with Crippen molar-refractivity contribution in [2.75, 3.05) is 19.3 Å². The number of likely N-dealkylation sites (tertiary alicyclic amines) is 1. The van der Waals surface area contributed by atoms with Crippen LogP contribution in [0.1, 0.15) is 31.0 Å². The molecule has 28 heavy (non-hydrogen) atoms. The molecule has 0 radical (unpaired) electrons. The van der Waals surface area contributed by atoms with Gasteiger partial charge in [0.05, 0.1) is 17.1 Å². The molecule has 1 N–H and O–H groups in total. The summed E-state index contributed by atoms with van der Waals surface area (Å²) in [5.74, 6) is 0. The van der Waals surface area contributed by atoms with E-state index in [1.54, 1.807) is 11.0 Å². The number of nitrogens with one attached hydrogen (secondary N) is 1. The molecule has 3 rings (SSSR count). The highest BCUT2D eigenvalue weighted by molar-refractivity contribution is 7.90. The summed E-state index contributed by atoms with van der Waals surface area (Å²) in [4.78, 5) is 18.6. The van der Waals surface area contributed by atoms with Crippen LogP contribution in [0.25, 0.3) is 0 Å². The minimum Gasteiger partial charge on any atom is -0.332 e. The Hall–Kier alpha value is -2.12. The van der Waals surface area contributed by atoms with Crippen molar-refractivity contribution in [1.82, 2.24) is 15.2 Å². The number of piperidine rings is 1. The van der Waals surface area contributed by atoms with Crippen LogP contribution in [-0.4, -0.2) is 43.7 Å². The second-order valence-corrected chi connectivity index (χ2v) is 9.85. The first-order valence-corrected chi connectivity index (χ1v) is 11.4. The van der Waals surface area contributed by atoms with Gasteiger partial charge in [0.1, 0.15) is 0 Å². The number of hydrogen-bond acceptors (Lipinski definition) is 4. The Labute approximate surface area is 170 Å². The molecule has 1 aromatic heterocycles. The van der Waals surface area contributed by atoms with Gasteiger partial charge in [-0.25, -0.2) is 13.2 Å². The zero-order chi connectivity index (χ0) is 20.4. The number of carbonyl (C=O) groups excluding carboxylic acids is 1. The number of pyridine rings is 1. The van der Waals surface area contributed by atoms with Crippen molar-refractivity contribution in [2.45, 2.75) is 36.6 Å². The van der Waals surface area contributed by atoms with Crippen LogP contribution in [0.4, 0.5) is 4.79 Å². The molecule has 0 atom stereocenters. The number of sulfone groups is 1. The smallest absolute Gasteiger partial charge is 0.317 e. The van der Waals surface area contributed by atoms with Crippen LogP contribution in [0, 0.1) is 0 Å². The molecule has 1 saturated heterocycles. The van der Waals surface area contributed by atoms with Gasteiger partial charge in [-0.3, -0.25) is 4.98 Å². The highest BCUT2D eigenvalue weighted by atomic mass is 35.5. The maximum atomic E-state index is 12.5. The lowest BCUT2D eigenvalue weighted by atomic mass is 9.74. The summed E-state index contributed by atoms with van der Waals surface area (Å²) < 4.78 is 23.7. The minimum atomic E-state index is -3.39. The van der Waals surface area contributed by atoms with Crippen LogP contribution in [0.2, 0.25) is 5.02 Å². The molecule has 0 unspecified atom stereocenters. The van der Waals surface area contributed by atoms with Crippen LogP contribution in [0.15, 0.2) is 47.5 Å². The zero-order valence-electron chi connectivity index (χ0n) is 16.0. The van der Waals surface area contributed by atoms with E-state index in [0.29, 0.717) is 23.8 Å². The summed E-state index contributed by atoms with van der Waals surface area (Å²) >= 11 is 5.98. The number of benzene rings is 1. The van der Waals surface area contributed by atoms with E-state index in [0.717, 1.165) is 19.1 Å². The van der Waals surface area contributed by atoms with Crippen molar-refractivity contribution < 1.29 is 13.2 Å². The molecule has 0 bridgehead atoms. The van der Waals surface area contributed by atoms with Crippen LogP contribution in [-0.2, 0) is 21.8 Å². The van der Waals surface area contributed by atoms with Crippen LogP contribution in [0.3, 0.4) is 0 Å². The van der Waals surface area contributed by atoms with Gasteiger partial charge in [-0.1, -0.05) is 30.7 Å². The van der Waals surface area contributed by atoms with E-state index in [1.165, 1.54) is 17.8 Å². The monoisotopic (exact) mass is 421 g/mol. The summed E-state index contributed by atoms with van der Waals surface area (Å²) in [5.41, 5.74) is 1.58. The lowest BCUT2D eigenvalue weighted by molar-refractivity contribution is 0.162. The molecule has 2 amide bonds. The summed E-state index contributed by atoms with van der Waals surface area (Å²) in [6, 6.07) is 10.8. The molecular weight excluding hydrogens is 398 g/mol. The van der Waals surface area contributed by atoms with E-state index in [4.69, 9.17) is 11.6 Å². The minimum absolute atomic E-state index is 0.00577. The fraction of sp³-hybridized carbons (Fsp3) is 0.400. The molecule has 150 valence electrons. The summed E-state index contributed by atoms with van der Waals surface area (Å²) in [6.45, 7) is 3.54. The van der Waals surface area contributed by atoms with Gasteiger partial charge in [0, 0.05) is 30.6 Å². The van der Waals surface area contributed by atoms with Crippen LogP contribution in [0.5, 0.6) is 0 Å². The molecule has 0 aliphatic carbocycles. The Morgan fingerprint density at radius 1 is 1.21 bits per heavy atom. The van der Waals surface area contributed by atoms with E-state index in [2.05, 4.69) is 17.2 Å². The first-order valence-electron chi connectivity index (χ1n) is 9.12. The Bertz CT molecular complexity index is 953. The number of rotatable bonds is 4. The van der Waals surface area contributed by atoms with Crippen molar-refractivity contribution in [1.29, 1.82) is 0 Å². The molecular formula is C20H24ClN3O3S. The molecule has 2 aromatic rings. The third-order valence-electron chi connectivity index (χ3n) is 5.35. The number of halogens is 1. The fourth-order valence-corrected chi connectivity index (χ4v) is 4.51. The Morgan fingerprint density at radius 3 is 2.46 bits per heavy atom. The molecule has 1 aliphatic rings. The van der Waals surface area contributed by atoms with Crippen molar-refractivity contribution in [3.63, 3.8) is 0 Å². The van der Waals surface area contributed by atoms with E-state index < -0.39 is 9.84 Å². The Kier molecular flexibility index (Phi) is 5.95. The molecule has 8 heteroatoms. The summed E-state index contributed by atoms with van der Waals surface area (Å²) in [6.07, 6.45) is 4.35. The number of aromatic nitrogens is 1. The first kappa shape index (κ1) is 20.6. The highest BCUT2D eigenvalue weighted by Crippen LogP contribution is 2.35. The Morgan fingerprint density at radius 2 is 1.86 bits per heavy atom. The molecule has 0 spiro atoms. The van der Waals surface area contributed by atoms with Gasteiger partial charge in [-0.05, 0) is 48.1 Å². The number of hydrogen-bond donors (Lipinski definition) is 1. The van der Waals surface area contributed by atoms with Gasteiger partial charge in [-0.2, -0.15) is 0 Å². The zero-order valence-corrected chi connectivity index (χ0v) is 17.6. The predicted octanol–water partition coefficient (Wildman–Crippen LogP) is 3.40. The highest BCUT2D eigenvalue weighted by Gasteiger charge is 2.33. The number of urea groups is 1. The topological polar surface area (TPSA) is 79.4 Å². The second-order valence-electron chi connectivity index (χ2n) is 7.43. The molecule has 1 aromatic carbocycles.